The largest absolute Gasteiger partial charge is 0.338 e. The average Bonchev–Trinajstić information content (AvgIpc) is 3.11. The van der Waals surface area contributed by atoms with Crippen molar-refractivity contribution in [2.24, 2.45) is 0 Å². The van der Waals surface area contributed by atoms with Crippen LogP contribution >= 0.6 is 0 Å². The van der Waals surface area contributed by atoms with Gasteiger partial charge in [0, 0.05) is 51.1 Å². The Bertz CT molecular complexity index is 1080. The van der Waals surface area contributed by atoms with Crippen molar-refractivity contribution in [1.82, 2.24) is 14.7 Å². The van der Waals surface area contributed by atoms with Crippen molar-refractivity contribution in [3.63, 3.8) is 0 Å². The first-order valence-corrected chi connectivity index (χ1v) is 13.0. The molecule has 7 nitrogen and oxygen atoms in total. The number of carbonyl (C=O) groups is 2. The zero-order chi connectivity index (χ0) is 22.7. The fourth-order valence-corrected chi connectivity index (χ4v) is 5.10. The second-order valence-corrected chi connectivity index (χ2v) is 10.9. The average molecular weight is 456 g/mol. The van der Waals surface area contributed by atoms with E-state index in [1.165, 1.54) is 5.56 Å². The van der Waals surface area contributed by atoms with Crippen molar-refractivity contribution in [3.05, 3.63) is 71.3 Å². The number of hydrogen-bond acceptors (Lipinski definition) is 5. The van der Waals surface area contributed by atoms with E-state index in [1.807, 2.05) is 30.3 Å². The predicted octanol–water partition coefficient (Wildman–Crippen LogP) is 1.79. The third-order valence-corrected chi connectivity index (χ3v) is 7.18. The van der Waals surface area contributed by atoms with E-state index in [-0.39, 0.29) is 24.0 Å². The Morgan fingerprint density at radius 2 is 1.62 bits per heavy atom. The van der Waals surface area contributed by atoms with Gasteiger partial charge in [0.05, 0.1) is 5.75 Å². The standard InChI is InChI=1S/C24H29N3O4S/c1-32(30,31)16-11-22(27-18-20-9-5-6-10-21(20)23(27)28)24(29)26-14-12-25(13-15-26)17-19-7-3-2-4-8-19/h2-10,22H,11-18H2,1H3/t22-/m0/s1. The Hall–Kier alpha value is -2.71. The summed E-state index contributed by atoms with van der Waals surface area (Å²) in [4.78, 5) is 32.1. The second kappa shape index (κ2) is 9.42. The molecule has 1 fully saturated rings. The van der Waals surface area contributed by atoms with Crippen LogP contribution in [-0.2, 0) is 27.7 Å². The first kappa shape index (κ1) is 22.5. The highest BCUT2D eigenvalue weighted by Gasteiger charge is 2.38. The summed E-state index contributed by atoms with van der Waals surface area (Å²) in [5, 5.41) is 0. The fourth-order valence-electron chi connectivity index (χ4n) is 4.45. The lowest BCUT2D eigenvalue weighted by atomic mass is 10.1. The van der Waals surface area contributed by atoms with Crippen LogP contribution in [0.3, 0.4) is 0 Å². The Labute approximate surface area is 189 Å². The van der Waals surface area contributed by atoms with Gasteiger partial charge in [0.1, 0.15) is 15.9 Å². The summed E-state index contributed by atoms with van der Waals surface area (Å²) >= 11 is 0. The Morgan fingerprint density at radius 3 is 2.28 bits per heavy atom. The number of piperazine rings is 1. The van der Waals surface area contributed by atoms with E-state index in [4.69, 9.17) is 0 Å². The lowest BCUT2D eigenvalue weighted by Gasteiger charge is -2.38. The van der Waals surface area contributed by atoms with Crippen molar-refractivity contribution in [2.75, 3.05) is 38.2 Å². The zero-order valence-corrected chi connectivity index (χ0v) is 19.1. The molecule has 0 aliphatic carbocycles. The lowest BCUT2D eigenvalue weighted by Crippen LogP contribution is -2.55. The first-order chi connectivity index (χ1) is 15.3. The van der Waals surface area contributed by atoms with Crippen LogP contribution in [0.15, 0.2) is 54.6 Å². The third-order valence-electron chi connectivity index (χ3n) is 6.21. The van der Waals surface area contributed by atoms with Gasteiger partial charge in [-0.1, -0.05) is 48.5 Å². The second-order valence-electron chi connectivity index (χ2n) is 8.61. The van der Waals surface area contributed by atoms with Gasteiger partial charge in [0.15, 0.2) is 0 Å². The zero-order valence-electron chi connectivity index (χ0n) is 18.3. The van der Waals surface area contributed by atoms with E-state index in [0.29, 0.717) is 25.2 Å². The molecular weight excluding hydrogens is 426 g/mol. The van der Waals surface area contributed by atoms with Gasteiger partial charge in [-0.3, -0.25) is 14.5 Å². The summed E-state index contributed by atoms with van der Waals surface area (Å²) in [6.45, 7) is 3.79. The van der Waals surface area contributed by atoms with E-state index in [9.17, 15) is 18.0 Å². The molecule has 2 aliphatic heterocycles. The van der Waals surface area contributed by atoms with Crippen LogP contribution in [-0.4, -0.2) is 79.2 Å². The maximum atomic E-state index is 13.5. The molecular formula is C24H29N3O4S. The topological polar surface area (TPSA) is 78.0 Å². The van der Waals surface area contributed by atoms with Gasteiger partial charge in [0.25, 0.3) is 5.91 Å². The van der Waals surface area contributed by atoms with Crippen molar-refractivity contribution >= 4 is 21.7 Å². The molecule has 0 unspecified atom stereocenters. The highest BCUT2D eigenvalue weighted by Crippen LogP contribution is 2.27. The van der Waals surface area contributed by atoms with E-state index < -0.39 is 15.9 Å². The number of amides is 2. The summed E-state index contributed by atoms with van der Waals surface area (Å²) in [6.07, 6.45) is 1.28. The lowest BCUT2D eigenvalue weighted by molar-refractivity contribution is -0.138. The van der Waals surface area contributed by atoms with Gasteiger partial charge < -0.3 is 9.80 Å². The monoisotopic (exact) mass is 455 g/mol. The number of fused-ring (bicyclic) bond motifs is 1. The van der Waals surface area contributed by atoms with Gasteiger partial charge in [-0.25, -0.2) is 8.42 Å². The summed E-state index contributed by atoms with van der Waals surface area (Å²) < 4.78 is 23.7. The van der Waals surface area contributed by atoms with Crippen molar-refractivity contribution in [2.45, 2.75) is 25.6 Å². The molecule has 8 heteroatoms. The van der Waals surface area contributed by atoms with Crippen LogP contribution in [0, 0.1) is 0 Å². The van der Waals surface area contributed by atoms with E-state index in [2.05, 4.69) is 17.0 Å². The molecule has 2 aromatic carbocycles. The van der Waals surface area contributed by atoms with Crippen LogP contribution in [0.25, 0.3) is 0 Å². The summed E-state index contributed by atoms with van der Waals surface area (Å²) in [5.74, 6) is -0.485. The Kier molecular flexibility index (Phi) is 6.62. The molecule has 2 aromatic rings. The van der Waals surface area contributed by atoms with Crippen molar-refractivity contribution < 1.29 is 18.0 Å². The maximum Gasteiger partial charge on any atom is 0.255 e. The molecule has 0 spiro atoms. The number of carbonyl (C=O) groups excluding carboxylic acids is 2. The number of nitrogens with zero attached hydrogens (tertiary/aromatic N) is 3. The predicted molar refractivity (Wildman–Crippen MR) is 123 cm³/mol. The molecule has 0 N–H and O–H groups in total. The highest BCUT2D eigenvalue weighted by molar-refractivity contribution is 7.90. The van der Waals surface area contributed by atoms with Crippen LogP contribution in [0.2, 0.25) is 0 Å². The fraction of sp³-hybridized carbons (Fsp3) is 0.417. The maximum absolute atomic E-state index is 13.5. The van der Waals surface area contributed by atoms with E-state index in [0.717, 1.165) is 31.5 Å². The summed E-state index contributed by atoms with van der Waals surface area (Å²) in [5.41, 5.74) is 2.71. The summed E-state index contributed by atoms with van der Waals surface area (Å²) in [6, 6.07) is 16.8. The Balaban J connectivity index is 1.44. The molecule has 0 aromatic heterocycles. The number of rotatable bonds is 7. The van der Waals surface area contributed by atoms with Crippen LogP contribution in [0.1, 0.15) is 27.9 Å². The molecule has 0 radical (unpaired) electrons. The SMILES string of the molecule is CS(=O)(=O)CC[C@@H](C(=O)N1CCN(Cc2ccccc2)CC1)N1Cc2ccccc2C1=O. The minimum Gasteiger partial charge on any atom is -0.338 e. The molecule has 2 amide bonds. The molecule has 2 heterocycles. The smallest absolute Gasteiger partial charge is 0.255 e. The molecule has 0 saturated carbocycles. The van der Waals surface area contributed by atoms with Gasteiger partial charge in [-0.2, -0.15) is 0 Å². The molecule has 1 saturated heterocycles. The third kappa shape index (κ3) is 5.19. The molecule has 4 rings (SSSR count). The van der Waals surface area contributed by atoms with Crippen LogP contribution in [0.5, 0.6) is 0 Å². The van der Waals surface area contributed by atoms with Crippen molar-refractivity contribution in [1.29, 1.82) is 0 Å². The van der Waals surface area contributed by atoms with Crippen LogP contribution < -0.4 is 0 Å². The van der Waals surface area contributed by atoms with Gasteiger partial charge >= 0.3 is 0 Å². The van der Waals surface area contributed by atoms with Crippen molar-refractivity contribution in [3.8, 4) is 0 Å². The van der Waals surface area contributed by atoms with Gasteiger partial charge in [0.2, 0.25) is 5.91 Å². The molecule has 32 heavy (non-hydrogen) atoms. The van der Waals surface area contributed by atoms with Gasteiger partial charge in [-0.15, -0.1) is 0 Å². The number of benzene rings is 2. The minimum absolute atomic E-state index is 0.113. The molecule has 2 aliphatic rings. The normalized spacial score (nSPS) is 18.0. The van der Waals surface area contributed by atoms with E-state index >= 15 is 0 Å². The summed E-state index contributed by atoms with van der Waals surface area (Å²) in [7, 11) is -3.26. The Morgan fingerprint density at radius 1 is 0.969 bits per heavy atom. The highest BCUT2D eigenvalue weighted by atomic mass is 32.2. The number of sulfone groups is 1. The molecule has 0 bridgehead atoms. The quantitative estimate of drug-likeness (QED) is 0.636. The molecule has 170 valence electrons. The minimum atomic E-state index is -3.26. The van der Waals surface area contributed by atoms with Gasteiger partial charge in [-0.05, 0) is 23.6 Å². The number of hydrogen-bond donors (Lipinski definition) is 0. The van der Waals surface area contributed by atoms with Crippen LogP contribution in [0.4, 0.5) is 0 Å². The van der Waals surface area contributed by atoms with E-state index in [1.54, 1.807) is 21.9 Å². The first-order valence-electron chi connectivity index (χ1n) is 10.9. The molecule has 1 atom stereocenters.